The molecule has 2 aliphatic rings. The second kappa shape index (κ2) is 7.52. The molecule has 2 fully saturated rings. The van der Waals surface area contributed by atoms with Gasteiger partial charge in [-0.25, -0.2) is 9.18 Å². The fourth-order valence-electron chi connectivity index (χ4n) is 4.23. The van der Waals surface area contributed by atoms with Crippen molar-refractivity contribution in [3.63, 3.8) is 0 Å². The number of aromatic nitrogens is 2. The molecule has 0 amide bonds. The van der Waals surface area contributed by atoms with Gasteiger partial charge in [-0.3, -0.25) is 14.3 Å². The lowest BCUT2D eigenvalue weighted by Crippen LogP contribution is -2.35. The lowest BCUT2D eigenvalue weighted by atomic mass is 10.1. The number of nitriles is 1. The molecule has 0 radical (unpaired) electrons. The lowest BCUT2D eigenvalue weighted by molar-refractivity contribution is 0.264. The Morgan fingerprint density at radius 1 is 1.38 bits per heavy atom. The number of aromatic amines is 1. The van der Waals surface area contributed by atoms with Crippen molar-refractivity contribution in [2.45, 2.75) is 37.8 Å². The van der Waals surface area contributed by atoms with Gasteiger partial charge in [0.05, 0.1) is 18.6 Å². The van der Waals surface area contributed by atoms with Gasteiger partial charge in [0.2, 0.25) is 0 Å². The molecule has 0 bridgehead atoms. The van der Waals surface area contributed by atoms with Crippen molar-refractivity contribution in [1.82, 2.24) is 14.5 Å². The van der Waals surface area contributed by atoms with Crippen LogP contribution in [0.5, 0.6) is 5.75 Å². The highest BCUT2D eigenvalue weighted by molar-refractivity contribution is 5.91. The molecule has 1 aromatic carbocycles. The van der Waals surface area contributed by atoms with Crippen LogP contribution in [-0.2, 0) is 0 Å². The van der Waals surface area contributed by atoms with Gasteiger partial charge >= 0.3 is 5.69 Å². The van der Waals surface area contributed by atoms with Gasteiger partial charge in [0, 0.05) is 38.1 Å². The number of likely N-dealkylation sites (N-methyl/N-ethyl adjacent to an activating group) is 1. The summed E-state index contributed by atoms with van der Waals surface area (Å²) in [4.78, 5) is 31.1. The number of halogens is 1. The first kappa shape index (κ1) is 19.5. The minimum atomic E-state index is -0.610. The van der Waals surface area contributed by atoms with Crippen molar-refractivity contribution in [1.29, 1.82) is 5.26 Å². The molecule has 0 spiro atoms. The summed E-state index contributed by atoms with van der Waals surface area (Å²) in [7, 11) is 3.40. The van der Waals surface area contributed by atoms with Crippen LogP contribution in [0.2, 0.25) is 0 Å². The molecule has 1 aliphatic heterocycles. The summed E-state index contributed by atoms with van der Waals surface area (Å²) in [5.41, 5.74) is -0.449. The summed E-state index contributed by atoms with van der Waals surface area (Å²) < 4.78 is 22.3. The number of anilines is 1. The molecule has 2 heterocycles. The van der Waals surface area contributed by atoms with E-state index < -0.39 is 17.1 Å². The van der Waals surface area contributed by atoms with Crippen molar-refractivity contribution < 1.29 is 9.13 Å². The zero-order valence-electron chi connectivity index (χ0n) is 16.6. The normalized spacial score (nSPS) is 19.1. The maximum atomic E-state index is 15.2. The minimum Gasteiger partial charge on any atom is -0.492 e. The van der Waals surface area contributed by atoms with Crippen molar-refractivity contribution in [3.8, 4) is 11.8 Å². The first-order chi connectivity index (χ1) is 14.0. The molecule has 1 saturated heterocycles. The van der Waals surface area contributed by atoms with Crippen molar-refractivity contribution in [3.05, 3.63) is 32.7 Å². The van der Waals surface area contributed by atoms with Crippen LogP contribution in [0, 0.1) is 17.1 Å². The first-order valence-corrected chi connectivity index (χ1v) is 9.83. The molecule has 1 unspecified atom stereocenters. The van der Waals surface area contributed by atoms with Crippen LogP contribution in [0.4, 0.5) is 10.1 Å². The highest BCUT2D eigenvalue weighted by atomic mass is 19.1. The van der Waals surface area contributed by atoms with Crippen LogP contribution in [0.1, 0.15) is 31.7 Å². The number of benzene rings is 1. The van der Waals surface area contributed by atoms with E-state index in [1.807, 2.05) is 11.9 Å². The van der Waals surface area contributed by atoms with E-state index in [-0.39, 0.29) is 28.9 Å². The van der Waals surface area contributed by atoms with Gasteiger partial charge < -0.3 is 14.5 Å². The van der Waals surface area contributed by atoms with Crippen LogP contribution in [0.15, 0.2) is 15.7 Å². The van der Waals surface area contributed by atoms with Gasteiger partial charge in [0.25, 0.3) is 5.56 Å². The molecule has 4 rings (SSSR count). The Balaban J connectivity index is 1.81. The number of methoxy groups -OCH3 is 1. The van der Waals surface area contributed by atoms with Gasteiger partial charge in [0.15, 0.2) is 11.6 Å². The number of hydrogen-bond donors (Lipinski definition) is 1. The maximum absolute atomic E-state index is 15.2. The Morgan fingerprint density at radius 3 is 2.79 bits per heavy atom. The predicted molar refractivity (Wildman–Crippen MR) is 107 cm³/mol. The summed E-state index contributed by atoms with van der Waals surface area (Å²) in [6.45, 7) is 1.86. The quantitative estimate of drug-likeness (QED) is 0.790. The number of hydrogen-bond acceptors (Lipinski definition) is 6. The molecule has 1 saturated carbocycles. The largest absolute Gasteiger partial charge is 0.492 e. The third kappa shape index (κ3) is 3.38. The Morgan fingerprint density at radius 2 is 2.14 bits per heavy atom. The molecule has 1 N–H and O–H groups in total. The zero-order valence-corrected chi connectivity index (χ0v) is 16.6. The monoisotopic (exact) mass is 401 g/mol. The highest BCUT2D eigenvalue weighted by Gasteiger charge is 2.34. The maximum Gasteiger partial charge on any atom is 0.329 e. The van der Waals surface area contributed by atoms with Crippen LogP contribution in [-0.4, -0.2) is 54.3 Å². The van der Waals surface area contributed by atoms with Gasteiger partial charge in [-0.15, -0.1) is 0 Å². The third-order valence-corrected chi connectivity index (χ3v) is 5.90. The summed E-state index contributed by atoms with van der Waals surface area (Å²) >= 11 is 0. The average molecular weight is 401 g/mol. The predicted octanol–water partition coefficient (Wildman–Crippen LogP) is 1.60. The summed E-state index contributed by atoms with van der Waals surface area (Å²) in [6.07, 6.45) is 2.95. The number of rotatable bonds is 6. The molecule has 2 aromatic rings. The van der Waals surface area contributed by atoms with Gasteiger partial charge in [-0.05, 0) is 32.4 Å². The molecule has 1 atom stereocenters. The lowest BCUT2D eigenvalue weighted by Gasteiger charge is -2.26. The average Bonchev–Trinajstić information content (AvgIpc) is 3.41. The number of nitrogens with zero attached hydrogens (tertiary/aromatic N) is 4. The minimum absolute atomic E-state index is 0.00231. The standard InChI is InChI=1S/C20H24FN5O3/c1-24(8-3-7-22)13-6-9-25(11-13)17-15(21)10-14-16(18(17)29-2)26(12-4-5-12)20(28)23-19(14)27/h10,12-13H,3-6,8-9,11H2,1-2H3,(H,23,27,28). The van der Waals surface area contributed by atoms with E-state index in [0.29, 0.717) is 31.6 Å². The topological polar surface area (TPSA) is 94.4 Å². The van der Waals surface area contributed by atoms with Crippen LogP contribution in [0.25, 0.3) is 10.9 Å². The highest BCUT2D eigenvalue weighted by Crippen LogP contribution is 2.43. The molecular formula is C20H24FN5O3. The molecular weight excluding hydrogens is 377 g/mol. The second-order valence-electron chi connectivity index (χ2n) is 7.77. The van der Waals surface area contributed by atoms with Gasteiger partial charge in [-0.1, -0.05) is 0 Å². The van der Waals surface area contributed by atoms with Crippen LogP contribution >= 0.6 is 0 Å². The Hall–Kier alpha value is -2.86. The Kier molecular flexibility index (Phi) is 5.04. The molecule has 154 valence electrons. The Bertz CT molecular complexity index is 1100. The van der Waals surface area contributed by atoms with Gasteiger partial charge in [0.1, 0.15) is 11.2 Å². The molecule has 1 aromatic heterocycles. The van der Waals surface area contributed by atoms with Crippen molar-refractivity contribution in [2.75, 3.05) is 38.7 Å². The number of H-pyrrole nitrogens is 1. The smallest absolute Gasteiger partial charge is 0.329 e. The summed E-state index contributed by atoms with van der Waals surface area (Å²) in [5.74, 6) is -0.309. The number of fused-ring (bicyclic) bond motifs is 1. The van der Waals surface area contributed by atoms with Crippen molar-refractivity contribution >= 4 is 16.6 Å². The van der Waals surface area contributed by atoms with Crippen molar-refractivity contribution in [2.24, 2.45) is 0 Å². The van der Waals surface area contributed by atoms with E-state index >= 15 is 4.39 Å². The fraction of sp³-hybridized carbons (Fsp3) is 0.550. The number of ether oxygens (including phenoxy) is 1. The Labute approximate surface area is 167 Å². The van der Waals surface area contributed by atoms with E-state index in [1.54, 1.807) is 0 Å². The molecule has 8 nitrogen and oxygen atoms in total. The molecule has 9 heteroatoms. The van der Waals surface area contributed by atoms with E-state index in [1.165, 1.54) is 17.7 Å². The van der Waals surface area contributed by atoms with Crippen LogP contribution in [0.3, 0.4) is 0 Å². The number of nitrogens with one attached hydrogen (secondary N) is 1. The SMILES string of the molecule is COc1c(N2CCC(N(C)CCC#N)C2)c(F)cc2c(=O)[nH]c(=O)n(C3CC3)c12. The summed E-state index contributed by atoms with van der Waals surface area (Å²) in [6, 6.07) is 3.54. The molecule has 29 heavy (non-hydrogen) atoms. The van der Waals surface area contributed by atoms with Gasteiger partial charge in [-0.2, -0.15) is 5.26 Å². The second-order valence-corrected chi connectivity index (χ2v) is 7.77. The molecule has 1 aliphatic carbocycles. The fourth-order valence-corrected chi connectivity index (χ4v) is 4.23. The first-order valence-electron chi connectivity index (χ1n) is 9.83. The third-order valence-electron chi connectivity index (χ3n) is 5.90. The summed E-state index contributed by atoms with van der Waals surface area (Å²) in [5, 5.41) is 8.93. The zero-order chi connectivity index (χ0) is 20.7. The van der Waals surface area contributed by atoms with E-state index in [4.69, 9.17) is 10.00 Å². The van der Waals surface area contributed by atoms with Crippen LogP contribution < -0.4 is 20.9 Å². The van der Waals surface area contributed by atoms with E-state index in [9.17, 15) is 9.59 Å². The van der Waals surface area contributed by atoms with E-state index in [2.05, 4.69) is 16.0 Å². The van der Waals surface area contributed by atoms with E-state index in [0.717, 1.165) is 19.3 Å².